The standard InChI is InChI=1S/C11H22BrNO2S/c1-3-16(14,15)8-4-6-13-7-5-10(2)11(12)9-13/h10-11H,3-9H2,1-2H3. The summed E-state index contributed by atoms with van der Waals surface area (Å²) in [5.74, 6) is 1.34. The van der Waals surface area contributed by atoms with Gasteiger partial charge in [-0.2, -0.15) is 0 Å². The Morgan fingerprint density at radius 3 is 2.69 bits per heavy atom. The van der Waals surface area contributed by atoms with E-state index in [2.05, 4.69) is 27.8 Å². The Bertz CT molecular complexity index is 305. The highest BCUT2D eigenvalue weighted by Crippen LogP contribution is 2.23. The molecule has 2 unspecified atom stereocenters. The molecule has 0 aromatic carbocycles. The van der Waals surface area contributed by atoms with E-state index in [1.165, 1.54) is 6.42 Å². The van der Waals surface area contributed by atoms with E-state index in [-0.39, 0.29) is 5.75 Å². The van der Waals surface area contributed by atoms with Gasteiger partial charge in [0, 0.05) is 17.1 Å². The van der Waals surface area contributed by atoms with Gasteiger partial charge in [0.1, 0.15) is 9.84 Å². The van der Waals surface area contributed by atoms with E-state index >= 15 is 0 Å². The first-order valence-corrected chi connectivity index (χ1v) is 8.75. The van der Waals surface area contributed by atoms with E-state index in [4.69, 9.17) is 0 Å². The lowest BCUT2D eigenvalue weighted by Crippen LogP contribution is -2.40. The summed E-state index contributed by atoms with van der Waals surface area (Å²) in [5.41, 5.74) is 0. The monoisotopic (exact) mass is 311 g/mol. The van der Waals surface area contributed by atoms with Crippen molar-refractivity contribution in [3.8, 4) is 0 Å². The minimum atomic E-state index is -2.78. The van der Waals surface area contributed by atoms with Gasteiger partial charge in [-0.3, -0.25) is 0 Å². The zero-order valence-electron chi connectivity index (χ0n) is 10.2. The van der Waals surface area contributed by atoms with Crippen molar-refractivity contribution in [2.24, 2.45) is 5.92 Å². The van der Waals surface area contributed by atoms with Crippen molar-refractivity contribution in [2.75, 3.05) is 31.1 Å². The summed E-state index contributed by atoms with van der Waals surface area (Å²) >= 11 is 3.68. The molecular formula is C11H22BrNO2S. The maximum absolute atomic E-state index is 11.3. The molecule has 0 bridgehead atoms. The highest BCUT2D eigenvalue weighted by atomic mass is 79.9. The second kappa shape index (κ2) is 6.36. The van der Waals surface area contributed by atoms with Gasteiger partial charge < -0.3 is 4.90 Å². The van der Waals surface area contributed by atoms with Gasteiger partial charge in [0.2, 0.25) is 0 Å². The van der Waals surface area contributed by atoms with Gasteiger partial charge >= 0.3 is 0 Å². The molecule has 96 valence electrons. The summed E-state index contributed by atoms with van der Waals surface area (Å²) in [6.45, 7) is 7.04. The van der Waals surface area contributed by atoms with Crippen LogP contribution in [0.3, 0.4) is 0 Å². The fourth-order valence-corrected chi connectivity index (χ4v) is 3.47. The quantitative estimate of drug-likeness (QED) is 0.728. The number of rotatable bonds is 5. The van der Waals surface area contributed by atoms with Crippen LogP contribution < -0.4 is 0 Å². The molecule has 2 atom stereocenters. The van der Waals surface area contributed by atoms with E-state index in [1.807, 2.05) is 0 Å². The third kappa shape index (κ3) is 4.72. The Morgan fingerprint density at radius 1 is 1.44 bits per heavy atom. The average Bonchev–Trinajstić information content (AvgIpc) is 2.23. The van der Waals surface area contributed by atoms with Crippen LogP contribution in [0.25, 0.3) is 0 Å². The van der Waals surface area contributed by atoms with Gasteiger partial charge in [-0.25, -0.2) is 8.42 Å². The fraction of sp³-hybridized carbons (Fsp3) is 1.00. The third-order valence-corrected chi connectivity index (χ3v) is 6.30. The normalized spacial score (nSPS) is 28.2. The number of sulfone groups is 1. The first-order chi connectivity index (χ1) is 7.44. The van der Waals surface area contributed by atoms with E-state index in [1.54, 1.807) is 6.92 Å². The van der Waals surface area contributed by atoms with Crippen LogP contribution in [0.1, 0.15) is 26.7 Å². The molecule has 0 N–H and O–H groups in total. The Balaban J connectivity index is 2.24. The highest BCUT2D eigenvalue weighted by molar-refractivity contribution is 9.09. The zero-order chi connectivity index (χ0) is 12.2. The van der Waals surface area contributed by atoms with E-state index in [0.29, 0.717) is 10.6 Å². The molecule has 1 saturated heterocycles. The summed E-state index contributed by atoms with van der Waals surface area (Å²) in [6, 6.07) is 0. The first-order valence-electron chi connectivity index (χ1n) is 6.01. The molecular weight excluding hydrogens is 290 g/mol. The minimum Gasteiger partial charge on any atom is -0.302 e. The summed E-state index contributed by atoms with van der Waals surface area (Å²) < 4.78 is 22.7. The first kappa shape index (κ1) is 14.5. The summed E-state index contributed by atoms with van der Waals surface area (Å²) in [5, 5.41) is 0. The molecule has 16 heavy (non-hydrogen) atoms. The van der Waals surface area contributed by atoms with Crippen LogP contribution in [0.15, 0.2) is 0 Å². The van der Waals surface area contributed by atoms with Crippen LogP contribution in [-0.4, -0.2) is 49.3 Å². The number of nitrogens with zero attached hydrogens (tertiary/aromatic N) is 1. The largest absolute Gasteiger partial charge is 0.302 e. The van der Waals surface area contributed by atoms with Gasteiger partial charge in [-0.1, -0.05) is 29.8 Å². The van der Waals surface area contributed by atoms with Crippen LogP contribution in [-0.2, 0) is 9.84 Å². The smallest absolute Gasteiger partial charge is 0.150 e. The Morgan fingerprint density at radius 2 is 2.12 bits per heavy atom. The molecule has 1 aliphatic heterocycles. The van der Waals surface area contributed by atoms with Crippen molar-refractivity contribution in [3.05, 3.63) is 0 Å². The third-order valence-electron chi connectivity index (χ3n) is 3.32. The molecule has 3 nitrogen and oxygen atoms in total. The van der Waals surface area contributed by atoms with Crippen LogP contribution in [0.4, 0.5) is 0 Å². The number of halogens is 1. The predicted molar refractivity (Wildman–Crippen MR) is 71.9 cm³/mol. The number of piperidine rings is 1. The lowest BCUT2D eigenvalue weighted by Gasteiger charge is -2.34. The van der Waals surface area contributed by atoms with Gasteiger partial charge in [0.15, 0.2) is 0 Å². The van der Waals surface area contributed by atoms with E-state index in [0.717, 1.165) is 32.0 Å². The maximum Gasteiger partial charge on any atom is 0.150 e. The predicted octanol–water partition coefficient (Wildman–Crippen LogP) is 1.92. The number of hydrogen-bond donors (Lipinski definition) is 0. The van der Waals surface area contributed by atoms with Crippen molar-refractivity contribution in [3.63, 3.8) is 0 Å². The lowest BCUT2D eigenvalue weighted by atomic mass is 9.99. The van der Waals surface area contributed by atoms with Crippen LogP contribution in [0.5, 0.6) is 0 Å². The van der Waals surface area contributed by atoms with Gasteiger partial charge in [-0.15, -0.1) is 0 Å². The molecule has 5 heteroatoms. The van der Waals surface area contributed by atoms with E-state index in [9.17, 15) is 8.42 Å². The molecule has 1 heterocycles. The SMILES string of the molecule is CCS(=O)(=O)CCCN1CCC(C)C(Br)C1. The highest BCUT2D eigenvalue weighted by Gasteiger charge is 2.23. The number of likely N-dealkylation sites (tertiary alicyclic amines) is 1. The minimum absolute atomic E-state index is 0.269. The van der Waals surface area contributed by atoms with Crippen molar-refractivity contribution < 1.29 is 8.42 Å². The number of alkyl halides is 1. The molecule has 0 amide bonds. The molecule has 0 radical (unpaired) electrons. The topological polar surface area (TPSA) is 37.4 Å². The van der Waals surface area contributed by atoms with Crippen molar-refractivity contribution in [1.82, 2.24) is 4.90 Å². The maximum atomic E-state index is 11.3. The zero-order valence-corrected chi connectivity index (χ0v) is 12.6. The summed E-state index contributed by atoms with van der Waals surface area (Å²) in [4.78, 5) is 2.92. The second-order valence-corrected chi connectivity index (χ2v) is 8.32. The van der Waals surface area contributed by atoms with Crippen LogP contribution in [0.2, 0.25) is 0 Å². The van der Waals surface area contributed by atoms with Crippen molar-refractivity contribution >= 4 is 25.8 Å². The molecule has 0 saturated carbocycles. The Kier molecular flexibility index (Phi) is 5.74. The average molecular weight is 312 g/mol. The van der Waals surface area contributed by atoms with Gasteiger partial charge in [0.25, 0.3) is 0 Å². The molecule has 1 fully saturated rings. The van der Waals surface area contributed by atoms with Crippen molar-refractivity contribution in [2.45, 2.75) is 31.5 Å². The molecule has 0 spiro atoms. The van der Waals surface area contributed by atoms with E-state index < -0.39 is 9.84 Å². The molecule has 1 rings (SSSR count). The molecule has 0 aromatic heterocycles. The summed E-state index contributed by atoms with van der Waals surface area (Å²) in [7, 11) is -2.78. The van der Waals surface area contributed by atoms with Gasteiger partial charge in [-0.05, 0) is 31.8 Å². The fourth-order valence-electron chi connectivity index (χ4n) is 1.94. The van der Waals surface area contributed by atoms with Crippen molar-refractivity contribution in [1.29, 1.82) is 0 Å². The Hall–Kier alpha value is 0.390. The summed E-state index contributed by atoms with van der Waals surface area (Å²) in [6.07, 6.45) is 1.97. The Labute approximate surface area is 108 Å². The van der Waals surface area contributed by atoms with Crippen LogP contribution >= 0.6 is 15.9 Å². The molecule has 1 aliphatic rings. The van der Waals surface area contributed by atoms with Crippen LogP contribution in [0, 0.1) is 5.92 Å². The van der Waals surface area contributed by atoms with Gasteiger partial charge in [0.05, 0.1) is 5.75 Å². The second-order valence-electron chi connectivity index (χ2n) is 4.67. The molecule has 0 aromatic rings. The molecule has 0 aliphatic carbocycles. The number of hydrogen-bond acceptors (Lipinski definition) is 3. The lowest BCUT2D eigenvalue weighted by molar-refractivity contribution is 0.202.